The molecule has 28 heavy (non-hydrogen) atoms. The van der Waals surface area contributed by atoms with Gasteiger partial charge in [0.1, 0.15) is 6.61 Å². The highest BCUT2D eigenvalue weighted by molar-refractivity contribution is 5.81. The van der Waals surface area contributed by atoms with Gasteiger partial charge in [0.05, 0.1) is 19.8 Å². The highest BCUT2D eigenvalue weighted by Gasteiger charge is 2.32. The first-order valence-electron chi connectivity index (χ1n) is 9.03. The molecule has 148 valence electrons. The molecule has 0 aliphatic heterocycles. The summed E-state index contributed by atoms with van der Waals surface area (Å²) >= 11 is 0. The van der Waals surface area contributed by atoms with E-state index in [4.69, 9.17) is 14.6 Å². The van der Waals surface area contributed by atoms with Gasteiger partial charge in [-0.2, -0.15) is 0 Å². The van der Waals surface area contributed by atoms with Crippen molar-refractivity contribution in [1.29, 1.82) is 0 Å². The van der Waals surface area contributed by atoms with E-state index in [2.05, 4.69) is 0 Å². The van der Waals surface area contributed by atoms with E-state index in [1.165, 1.54) is 7.05 Å². The minimum Gasteiger partial charge on any atom is -0.480 e. The third-order valence-electron chi connectivity index (χ3n) is 4.89. The fourth-order valence-corrected chi connectivity index (χ4v) is 3.43. The quantitative estimate of drug-likeness (QED) is 0.677. The van der Waals surface area contributed by atoms with Crippen LogP contribution >= 0.6 is 0 Å². The normalized spacial score (nSPS) is 13.5. The van der Waals surface area contributed by atoms with E-state index in [0.29, 0.717) is 0 Å². The number of carbonyl (C=O) groups is 2. The molecule has 2 aromatic rings. The Hall–Kier alpha value is -2.90. The third kappa shape index (κ3) is 4.00. The molecule has 0 aromatic heterocycles. The van der Waals surface area contributed by atoms with E-state index in [1.807, 2.05) is 48.5 Å². The van der Waals surface area contributed by atoms with E-state index in [1.54, 1.807) is 0 Å². The lowest BCUT2D eigenvalue weighted by atomic mass is 9.98. The van der Waals surface area contributed by atoms with E-state index >= 15 is 0 Å². The molecule has 0 saturated carbocycles. The Bertz CT molecular complexity index is 807. The topological polar surface area (TPSA) is 96.3 Å². The van der Waals surface area contributed by atoms with Crippen molar-refractivity contribution >= 4 is 12.1 Å². The molecule has 2 aromatic carbocycles. The summed E-state index contributed by atoms with van der Waals surface area (Å²) in [5.41, 5.74) is 4.40. The second kappa shape index (κ2) is 8.86. The van der Waals surface area contributed by atoms with Crippen LogP contribution in [0.15, 0.2) is 48.5 Å². The smallest absolute Gasteiger partial charge is 0.410 e. The van der Waals surface area contributed by atoms with Gasteiger partial charge in [-0.1, -0.05) is 48.5 Å². The van der Waals surface area contributed by atoms with Gasteiger partial charge in [-0.15, -0.1) is 0 Å². The van der Waals surface area contributed by atoms with E-state index in [-0.39, 0.29) is 32.3 Å². The average Bonchev–Trinajstić information content (AvgIpc) is 3.02. The van der Waals surface area contributed by atoms with Crippen molar-refractivity contribution in [3.8, 4) is 11.1 Å². The minimum absolute atomic E-state index is 0.00229. The van der Waals surface area contributed by atoms with Gasteiger partial charge in [-0.05, 0) is 22.3 Å². The Morgan fingerprint density at radius 2 is 1.64 bits per heavy atom. The van der Waals surface area contributed by atoms with Crippen LogP contribution in [-0.4, -0.2) is 66.7 Å². The number of carboxylic acid groups (broad SMARTS) is 1. The van der Waals surface area contributed by atoms with Crippen LogP contribution in [0.1, 0.15) is 17.0 Å². The first-order chi connectivity index (χ1) is 13.5. The van der Waals surface area contributed by atoms with Crippen molar-refractivity contribution < 1.29 is 29.3 Å². The molecule has 0 heterocycles. The van der Waals surface area contributed by atoms with Crippen molar-refractivity contribution in [2.75, 3.05) is 33.5 Å². The number of ether oxygens (including phenoxy) is 2. The summed E-state index contributed by atoms with van der Waals surface area (Å²) in [6, 6.07) is 14.8. The lowest BCUT2D eigenvalue weighted by Gasteiger charge is -2.25. The van der Waals surface area contributed by atoms with Crippen molar-refractivity contribution in [3.05, 3.63) is 59.7 Å². The molecule has 0 fully saturated rings. The Morgan fingerprint density at radius 3 is 2.18 bits per heavy atom. The lowest BCUT2D eigenvalue weighted by Crippen LogP contribution is -2.46. The van der Waals surface area contributed by atoms with Crippen LogP contribution < -0.4 is 0 Å². The fourth-order valence-electron chi connectivity index (χ4n) is 3.43. The van der Waals surface area contributed by atoms with Crippen molar-refractivity contribution in [1.82, 2.24) is 4.90 Å². The summed E-state index contributed by atoms with van der Waals surface area (Å²) in [5, 5.41) is 18.1. The zero-order valence-corrected chi connectivity index (χ0v) is 15.6. The summed E-state index contributed by atoms with van der Waals surface area (Å²) in [6.07, 6.45) is -0.734. The molecular formula is C21H23NO6. The SMILES string of the molecule is CN(C(=O)OCC1c2ccccc2-c2ccccc21)C(COCCO)C(=O)O. The summed E-state index contributed by atoms with van der Waals surface area (Å²) in [6.45, 7) is -0.332. The van der Waals surface area contributed by atoms with E-state index in [0.717, 1.165) is 27.2 Å². The molecule has 1 unspecified atom stereocenters. The largest absolute Gasteiger partial charge is 0.480 e. The molecule has 1 aliphatic carbocycles. The van der Waals surface area contributed by atoms with E-state index in [9.17, 15) is 14.7 Å². The molecule has 1 amide bonds. The number of nitrogens with zero attached hydrogens (tertiary/aromatic N) is 1. The van der Waals surface area contributed by atoms with Gasteiger partial charge in [0, 0.05) is 13.0 Å². The highest BCUT2D eigenvalue weighted by Crippen LogP contribution is 2.44. The number of carboxylic acids is 1. The maximum Gasteiger partial charge on any atom is 0.410 e. The molecule has 7 nitrogen and oxygen atoms in total. The van der Waals surface area contributed by atoms with Gasteiger partial charge < -0.3 is 19.7 Å². The van der Waals surface area contributed by atoms with Gasteiger partial charge in [0.15, 0.2) is 6.04 Å². The predicted octanol–water partition coefficient (Wildman–Crippen LogP) is 2.33. The molecule has 1 aliphatic rings. The van der Waals surface area contributed by atoms with Crippen molar-refractivity contribution in [3.63, 3.8) is 0 Å². The van der Waals surface area contributed by atoms with E-state index < -0.39 is 18.1 Å². The van der Waals surface area contributed by atoms with Crippen molar-refractivity contribution in [2.45, 2.75) is 12.0 Å². The van der Waals surface area contributed by atoms with Gasteiger partial charge in [-0.3, -0.25) is 4.90 Å². The Labute approximate surface area is 163 Å². The fraction of sp³-hybridized carbons (Fsp3) is 0.333. The second-order valence-electron chi connectivity index (χ2n) is 6.57. The van der Waals surface area contributed by atoms with Crippen LogP contribution in [0.25, 0.3) is 11.1 Å². The standard InChI is InChI=1S/C21H23NO6/c1-22(19(20(24)25)13-27-11-10-23)21(26)28-12-18-16-8-4-2-6-14(16)15-7-3-5-9-17(15)18/h2-9,18-19,23H,10-13H2,1H3,(H,24,25). The number of aliphatic carboxylic acids is 1. The summed E-state index contributed by atoms with van der Waals surface area (Å²) in [4.78, 5) is 24.9. The first kappa shape index (κ1) is 19.9. The number of likely N-dealkylation sites (N-methyl/N-ethyl adjacent to an activating group) is 1. The van der Waals surface area contributed by atoms with Gasteiger partial charge in [0.2, 0.25) is 0 Å². The second-order valence-corrected chi connectivity index (χ2v) is 6.57. The Balaban J connectivity index is 1.69. The summed E-state index contributed by atoms with van der Waals surface area (Å²) in [7, 11) is 1.36. The van der Waals surface area contributed by atoms with Crippen LogP contribution in [0.5, 0.6) is 0 Å². The molecule has 1 atom stereocenters. The maximum atomic E-state index is 12.4. The summed E-state index contributed by atoms with van der Waals surface area (Å²) in [5.74, 6) is -1.30. The number of hydrogen-bond acceptors (Lipinski definition) is 5. The molecule has 2 N–H and O–H groups in total. The first-order valence-corrected chi connectivity index (χ1v) is 9.03. The van der Waals surface area contributed by atoms with Crippen LogP contribution in [0, 0.1) is 0 Å². The molecule has 3 rings (SSSR count). The van der Waals surface area contributed by atoms with Crippen LogP contribution in [0.3, 0.4) is 0 Å². The van der Waals surface area contributed by atoms with Crippen LogP contribution in [0.4, 0.5) is 4.79 Å². The summed E-state index contributed by atoms with van der Waals surface area (Å²) < 4.78 is 10.5. The highest BCUT2D eigenvalue weighted by atomic mass is 16.6. The number of hydrogen-bond donors (Lipinski definition) is 2. The average molecular weight is 385 g/mol. The van der Waals surface area contributed by atoms with Gasteiger partial charge in [-0.25, -0.2) is 9.59 Å². The molecular weight excluding hydrogens is 362 g/mol. The van der Waals surface area contributed by atoms with Crippen molar-refractivity contribution in [2.24, 2.45) is 0 Å². The number of aliphatic hydroxyl groups excluding tert-OH is 1. The molecule has 0 bridgehead atoms. The number of amides is 1. The zero-order valence-electron chi connectivity index (χ0n) is 15.6. The zero-order chi connectivity index (χ0) is 20.1. The number of carbonyl (C=O) groups excluding carboxylic acids is 1. The Morgan fingerprint density at radius 1 is 1.07 bits per heavy atom. The maximum absolute atomic E-state index is 12.4. The monoisotopic (exact) mass is 385 g/mol. The minimum atomic E-state index is -1.20. The molecule has 0 spiro atoms. The number of aliphatic hydroxyl groups is 1. The van der Waals surface area contributed by atoms with Crippen LogP contribution in [0.2, 0.25) is 0 Å². The van der Waals surface area contributed by atoms with Gasteiger partial charge >= 0.3 is 12.1 Å². The lowest BCUT2D eigenvalue weighted by molar-refractivity contribution is -0.144. The molecule has 0 radical (unpaired) electrons. The predicted molar refractivity (Wildman–Crippen MR) is 102 cm³/mol. The third-order valence-corrected chi connectivity index (χ3v) is 4.89. The van der Waals surface area contributed by atoms with Gasteiger partial charge in [0.25, 0.3) is 0 Å². The Kier molecular flexibility index (Phi) is 6.28. The number of fused-ring (bicyclic) bond motifs is 3. The number of rotatable bonds is 8. The van der Waals surface area contributed by atoms with Crippen LogP contribution in [-0.2, 0) is 14.3 Å². The molecule has 0 saturated heterocycles. The molecule has 7 heteroatoms. The number of benzene rings is 2.